The highest BCUT2D eigenvalue weighted by Gasteiger charge is 2.31. The molecule has 2 aromatic heterocycles. The van der Waals surface area contributed by atoms with E-state index >= 15 is 0 Å². The molecule has 0 radical (unpaired) electrons. The Balaban J connectivity index is 0.000000151. The van der Waals surface area contributed by atoms with Gasteiger partial charge in [-0.1, -0.05) is 35.9 Å². The second-order valence-electron chi connectivity index (χ2n) is 16.2. The monoisotopic (exact) mass is 926 g/mol. The summed E-state index contributed by atoms with van der Waals surface area (Å²) in [6.07, 6.45) is 3.49. The molecule has 0 aliphatic carbocycles. The quantitative estimate of drug-likeness (QED) is 0.0640. The molecule has 16 nitrogen and oxygen atoms in total. The van der Waals surface area contributed by atoms with E-state index in [0.29, 0.717) is 48.0 Å². The Kier molecular flexibility index (Phi) is 14.7. The van der Waals surface area contributed by atoms with Crippen molar-refractivity contribution in [3.05, 3.63) is 137 Å². The number of nitrogens with one attached hydrogen (secondary N) is 5. The number of nitrogens with two attached hydrogens (primary N) is 1. The van der Waals surface area contributed by atoms with Crippen LogP contribution in [0.4, 0.5) is 51.3 Å². The number of para-hydroxylation sites is 2. The lowest BCUT2D eigenvalue weighted by Gasteiger charge is -2.41. The van der Waals surface area contributed by atoms with E-state index in [1.807, 2.05) is 86.6 Å². The van der Waals surface area contributed by atoms with Crippen LogP contribution in [0.2, 0.25) is 5.15 Å². The number of halogens is 1. The standard InChI is InChI=1S/C25H27N5O3.C14H14ClN3O.C11H14N2O2/c1-16-13-27-24(12-21(16)29-20-6-4-3-5-19(20)25(31)26-2)28-17-7-8-22-23(11-17)33-15-18-14-32-10-9-30(18)22;1-9-8-17-13(15)7-12(9)18-11-6-4-3-5-10(11)14(19)16-2;12-8-1-2-10-11(5-8)15-7-9-6-14-4-3-13(9)10/h3-8,11-13,18H,9-10,14-15H2,1-2H3,(H,26,31)(H2,27,28,29);3-8H,1-2H3,(H,16,19)(H,17,18);1-2,5,9H,3-4,6-7,12H2. The SMILES string of the molecule is CNC(=O)c1ccccc1Nc1cc(Cl)ncc1C.CNC(=O)c1ccccc1Nc1cc(Nc2ccc3c(c2)OCC2COCCN32)ncc1C.Nc1ccc2c(c1)OCC1COCCN21. The molecule has 7 N–H and O–H groups in total. The van der Waals surface area contributed by atoms with Crippen molar-refractivity contribution < 1.29 is 28.5 Å². The van der Waals surface area contributed by atoms with Gasteiger partial charge < -0.3 is 61.1 Å². The van der Waals surface area contributed by atoms with Crippen molar-refractivity contribution in [1.82, 2.24) is 20.6 Å². The summed E-state index contributed by atoms with van der Waals surface area (Å²) in [6, 6.07) is 31.0. The lowest BCUT2D eigenvalue weighted by Crippen LogP contribution is -2.51. The van der Waals surface area contributed by atoms with Crippen molar-refractivity contribution in [2.45, 2.75) is 25.9 Å². The zero-order chi connectivity index (χ0) is 46.9. The molecule has 0 spiro atoms. The van der Waals surface area contributed by atoms with Crippen molar-refractivity contribution in [3.63, 3.8) is 0 Å². The summed E-state index contributed by atoms with van der Waals surface area (Å²) in [5.74, 6) is 2.18. The summed E-state index contributed by atoms with van der Waals surface area (Å²) in [7, 11) is 3.23. The summed E-state index contributed by atoms with van der Waals surface area (Å²) in [6.45, 7) is 10.0. The first kappa shape index (κ1) is 46.3. The molecule has 4 aliphatic heterocycles. The molecule has 17 heteroatoms. The first-order chi connectivity index (χ1) is 32.6. The molecule has 2 amide bonds. The van der Waals surface area contributed by atoms with Crippen molar-refractivity contribution >= 4 is 74.7 Å². The maximum atomic E-state index is 12.2. The Morgan fingerprint density at radius 1 is 0.627 bits per heavy atom. The number of nitrogen functional groups attached to an aromatic ring is 1. The Labute approximate surface area is 395 Å². The molecule has 2 saturated heterocycles. The third-order valence-electron chi connectivity index (χ3n) is 11.7. The fraction of sp³-hybridized carbons (Fsp3) is 0.280. The molecule has 2 atom stereocenters. The van der Waals surface area contributed by atoms with Crippen LogP contribution in [0.5, 0.6) is 11.5 Å². The van der Waals surface area contributed by atoms with Gasteiger partial charge in [0.05, 0.1) is 72.4 Å². The molecule has 6 heterocycles. The Morgan fingerprint density at radius 3 is 1.73 bits per heavy atom. The van der Waals surface area contributed by atoms with Gasteiger partial charge in [-0.15, -0.1) is 0 Å². The van der Waals surface area contributed by atoms with Crippen LogP contribution in [0, 0.1) is 13.8 Å². The molecule has 4 aromatic carbocycles. The predicted molar refractivity (Wildman–Crippen MR) is 265 cm³/mol. The molecule has 4 aliphatic rings. The third-order valence-corrected chi connectivity index (χ3v) is 11.9. The van der Waals surface area contributed by atoms with E-state index in [-0.39, 0.29) is 17.9 Å². The number of ether oxygens (including phenoxy) is 4. The van der Waals surface area contributed by atoms with E-state index in [1.165, 1.54) is 0 Å². The maximum absolute atomic E-state index is 12.2. The molecule has 67 heavy (non-hydrogen) atoms. The van der Waals surface area contributed by atoms with Crippen LogP contribution in [0.1, 0.15) is 31.8 Å². The number of aryl methyl sites for hydroxylation is 2. The van der Waals surface area contributed by atoms with Crippen LogP contribution >= 0.6 is 11.6 Å². The van der Waals surface area contributed by atoms with Crippen LogP contribution in [0.15, 0.2) is 109 Å². The minimum Gasteiger partial charge on any atom is -0.489 e. The molecular weight excluding hydrogens is 872 g/mol. The van der Waals surface area contributed by atoms with E-state index in [4.69, 9.17) is 36.3 Å². The topological polar surface area (TPSA) is 189 Å². The number of hydrogen-bond acceptors (Lipinski definition) is 14. The average Bonchev–Trinajstić information content (AvgIpc) is 3.36. The maximum Gasteiger partial charge on any atom is 0.253 e. The average molecular weight is 928 g/mol. The van der Waals surface area contributed by atoms with Gasteiger partial charge in [-0.3, -0.25) is 9.59 Å². The predicted octanol–water partition coefficient (Wildman–Crippen LogP) is 7.85. The van der Waals surface area contributed by atoms with Gasteiger partial charge in [0.1, 0.15) is 35.7 Å². The number of pyridine rings is 2. The molecule has 0 saturated carbocycles. The van der Waals surface area contributed by atoms with Gasteiger partial charge in [-0.2, -0.15) is 0 Å². The molecule has 0 bridgehead atoms. The molecule has 10 rings (SSSR count). The zero-order valence-electron chi connectivity index (χ0n) is 37.9. The number of rotatable bonds is 8. The minimum absolute atomic E-state index is 0.138. The van der Waals surface area contributed by atoms with Crippen molar-refractivity contribution in [2.75, 3.05) is 98.3 Å². The highest BCUT2D eigenvalue weighted by atomic mass is 35.5. The van der Waals surface area contributed by atoms with E-state index < -0.39 is 0 Å². The number of aromatic nitrogens is 2. The summed E-state index contributed by atoms with van der Waals surface area (Å²) in [4.78, 5) is 37.3. The van der Waals surface area contributed by atoms with Crippen LogP contribution in [-0.4, -0.2) is 101 Å². The second-order valence-corrected chi connectivity index (χ2v) is 16.6. The largest absolute Gasteiger partial charge is 0.489 e. The number of hydrogen-bond donors (Lipinski definition) is 6. The highest BCUT2D eigenvalue weighted by Crippen LogP contribution is 2.39. The zero-order valence-corrected chi connectivity index (χ0v) is 38.7. The fourth-order valence-electron chi connectivity index (χ4n) is 8.07. The van der Waals surface area contributed by atoms with Crippen LogP contribution in [-0.2, 0) is 9.47 Å². The molecule has 6 aromatic rings. The number of morpholine rings is 2. The molecule has 2 fully saturated rings. The first-order valence-corrected chi connectivity index (χ1v) is 22.5. The molecular formula is C50H55ClN10O6. The van der Waals surface area contributed by atoms with E-state index in [1.54, 1.807) is 44.7 Å². The number of carbonyl (C=O) groups is 2. The van der Waals surface area contributed by atoms with Gasteiger partial charge in [0.15, 0.2) is 0 Å². The van der Waals surface area contributed by atoms with E-state index in [2.05, 4.69) is 52.4 Å². The van der Waals surface area contributed by atoms with Crippen LogP contribution in [0.25, 0.3) is 0 Å². The van der Waals surface area contributed by atoms with Gasteiger partial charge in [-0.25, -0.2) is 9.97 Å². The Bertz CT molecular complexity index is 2720. The van der Waals surface area contributed by atoms with Crippen LogP contribution in [0.3, 0.4) is 0 Å². The summed E-state index contributed by atoms with van der Waals surface area (Å²) < 4.78 is 22.7. The normalized spacial score (nSPS) is 16.5. The van der Waals surface area contributed by atoms with Gasteiger partial charge in [0.25, 0.3) is 11.8 Å². The number of amides is 2. The Hall–Kier alpha value is -7.27. The summed E-state index contributed by atoms with van der Waals surface area (Å²) in [5, 5.41) is 15.7. The number of benzene rings is 4. The van der Waals surface area contributed by atoms with Crippen molar-refractivity contribution in [3.8, 4) is 11.5 Å². The number of carbonyl (C=O) groups excluding carboxylic acids is 2. The van der Waals surface area contributed by atoms with Crippen molar-refractivity contribution in [1.29, 1.82) is 0 Å². The number of fused-ring (bicyclic) bond motifs is 6. The second kappa shape index (κ2) is 21.4. The Morgan fingerprint density at radius 2 is 1.15 bits per heavy atom. The first-order valence-electron chi connectivity index (χ1n) is 22.1. The third kappa shape index (κ3) is 11.1. The van der Waals surface area contributed by atoms with Crippen molar-refractivity contribution in [2.24, 2.45) is 0 Å². The number of anilines is 9. The smallest absolute Gasteiger partial charge is 0.253 e. The molecule has 2 unspecified atom stereocenters. The summed E-state index contributed by atoms with van der Waals surface area (Å²) >= 11 is 5.88. The van der Waals surface area contributed by atoms with Crippen LogP contribution < -0.4 is 51.6 Å². The molecule has 348 valence electrons. The van der Waals surface area contributed by atoms with E-state index in [0.717, 1.165) is 101 Å². The highest BCUT2D eigenvalue weighted by molar-refractivity contribution is 6.29. The number of nitrogens with zero attached hydrogens (tertiary/aromatic N) is 4. The lowest BCUT2D eigenvalue weighted by atomic mass is 10.1. The van der Waals surface area contributed by atoms with Gasteiger partial charge >= 0.3 is 0 Å². The van der Waals surface area contributed by atoms with Gasteiger partial charge in [-0.05, 0) is 79.6 Å². The summed E-state index contributed by atoms with van der Waals surface area (Å²) in [5.41, 5.74) is 15.9. The minimum atomic E-state index is -0.139. The van der Waals surface area contributed by atoms with E-state index in [9.17, 15) is 9.59 Å². The van der Waals surface area contributed by atoms with Gasteiger partial charge in [0.2, 0.25) is 0 Å². The van der Waals surface area contributed by atoms with Gasteiger partial charge in [0, 0.05) is 80.5 Å². The fourth-order valence-corrected chi connectivity index (χ4v) is 8.23. The lowest BCUT2D eigenvalue weighted by molar-refractivity contribution is 0.0704.